The Kier molecular flexibility index (Phi) is 7.68. The first kappa shape index (κ1) is 27.3. The van der Waals surface area contributed by atoms with E-state index >= 15 is 0 Å². The normalized spacial score (nSPS) is 27.5. The van der Waals surface area contributed by atoms with Crippen LogP contribution in [0.1, 0.15) is 49.1 Å². The van der Waals surface area contributed by atoms with Crippen molar-refractivity contribution in [3.05, 3.63) is 63.1 Å². The molecule has 7 nitrogen and oxygen atoms in total. The lowest BCUT2D eigenvalue weighted by atomic mass is 9.62. The van der Waals surface area contributed by atoms with E-state index < -0.39 is 59.6 Å². The molecule has 2 aliphatic heterocycles. The van der Waals surface area contributed by atoms with Gasteiger partial charge in [0, 0.05) is 24.2 Å². The molecule has 2 fully saturated rings. The van der Waals surface area contributed by atoms with E-state index in [4.69, 9.17) is 28.3 Å². The number of aliphatic hydroxyl groups is 2. The van der Waals surface area contributed by atoms with Gasteiger partial charge >= 0.3 is 0 Å². The molecule has 5 N–H and O–H groups in total. The van der Waals surface area contributed by atoms with E-state index in [-0.39, 0.29) is 28.9 Å². The lowest BCUT2D eigenvalue weighted by Gasteiger charge is -2.37. The van der Waals surface area contributed by atoms with Crippen LogP contribution in [0.2, 0.25) is 10.0 Å². The molecule has 2 amide bonds. The molecule has 1 aliphatic carbocycles. The highest BCUT2D eigenvalue weighted by Crippen LogP contribution is 2.58. The maximum Gasteiger partial charge on any atom is 0.237 e. The standard InChI is InChI=1S/C27H29Cl2F2N3O4/c28-17-9-14(5-6-19(17)30)22-23(25(37)32-8-7-15(36)12-35)34-24(13-3-1-2-4-13)27(22)16-10-20(31)18(29)11-21(16)33-26(27)38/h5-6,9-11,13,15,22-24,34-36H,1-4,7-8,12H2,(H,32,37)(H,33,38)/t15-,22-,23+,24+,27+/m0/s1. The molecule has 5 rings (SSSR count). The van der Waals surface area contributed by atoms with Crippen LogP contribution in [0, 0.1) is 17.6 Å². The van der Waals surface area contributed by atoms with Crippen molar-refractivity contribution in [3.8, 4) is 0 Å². The summed E-state index contributed by atoms with van der Waals surface area (Å²) in [5.41, 5.74) is -0.177. The molecule has 2 heterocycles. The fourth-order valence-corrected chi connectivity index (χ4v) is 6.94. The van der Waals surface area contributed by atoms with Gasteiger partial charge in [0.25, 0.3) is 0 Å². The van der Waals surface area contributed by atoms with Crippen LogP contribution < -0.4 is 16.0 Å². The van der Waals surface area contributed by atoms with Gasteiger partial charge in [0.2, 0.25) is 11.8 Å². The second kappa shape index (κ2) is 10.7. The Balaban J connectivity index is 1.67. The highest BCUT2D eigenvalue weighted by atomic mass is 35.5. The molecule has 11 heteroatoms. The van der Waals surface area contributed by atoms with E-state index in [1.165, 1.54) is 30.3 Å². The van der Waals surface area contributed by atoms with Crippen LogP contribution in [-0.2, 0) is 15.0 Å². The topological polar surface area (TPSA) is 111 Å². The molecule has 1 saturated heterocycles. The maximum absolute atomic E-state index is 14.9. The van der Waals surface area contributed by atoms with Gasteiger partial charge < -0.3 is 26.2 Å². The van der Waals surface area contributed by atoms with Gasteiger partial charge in [-0.05, 0) is 60.6 Å². The summed E-state index contributed by atoms with van der Waals surface area (Å²) in [6.07, 6.45) is 2.72. The fraction of sp³-hybridized carbons (Fsp3) is 0.481. The Bertz CT molecular complexity index is 1260. The van der Waals surface area contributed by atoms with Crippen LogP contribution in [0.3, 0.4) is 0 Å². The molecule has 3 aliphatic rings. The predicted octanol–water partition coefficient (Wildman–Crippen LogP) is 3.64. The molecule has 5 atom stereocenters. The summed E-state index contributed by atoms with van der Waals surface area (Å²) in [6.45, 7) is -0.351. The molecule has 1 saturated carbocycles. The third kappa shape index (κ3) is 4.48. The molecular formula is C27H29Cl2F2N3O4. The van der Waals surface area contributed by atoms with Crippen LogP contribution in [0.5, 0.6) is 0 Å². The van der Waals surface area contributed by atoms with Gasteiger partial charge in [0.1, 0.15) is 17.0 Å². The number of rotatable bonds is 7. The van der Waals surface area contributed by atoms with Crippen molar-refractivity contribution < 1.29 is 28.6 Å². The largest absolute Gasteiger partial charge is 0.394 e. The second-order valence-corrected chi connectivity index (χ2v) is 11.2. The highest BCUT2D eigenvalue weighted by molar-refractivity contribution is 6.31. The van der Waals surface area contributed by atoms with Gasteiger partial charge in [-0.1, -0.05) is 42.1 Å². The first-order valence-corrected chi connectivity index (χ1v) is 13.5. The molecule has 0 aromatic heterocycles. The molecule has 0 unspecified atom stereocenters. The zero-order valence-corrected chi connectivity index (χ0v) is 22.0. The number of hydrogen-bond acceptors (Lipinski definition) is 5. The van der Waals surface area contributed by atoms with Crippen LogP contribution >= 0.6 is 23.2 Å². The molecule has 204 valence electrons. The number of benzene rings is 2. The van der Waals surface area contributed by atoms with Crippen molar-refractivity contribution >= 4 is 40.7 Å². The second-order valence-electron chi connectivity index (χ2n) is 10.4. The number of fused-ring (bicyclic) bond motifs is 2. The Hall–Kier alpha value is -2.30. The van der Waals surface area contributed by atoms with Crippen molar-refractivity contribution in [2.45, 2.75) is 61.6 Å². The Labute approximate surface area is 228 Å². The number of nitrogens with one attached hydrogen (secondary N) is 3. The number of halogens is 4. The number of carbonyl (C=O) groups is 2. The van der Waals surface area contributed by atoms with E-state index in [0.717, 1.165) is 25.7 Å². The van der Waals surface area contributed by atoms with Crippen LogP contribution in [0.4, 0.5) is 14.5 Å². The van der Waals surface area contributed by atoms with E-state index in [9.17, 15) is 23.5 Å². The van der Waals surface area contributed by atoms with Gasteiger partial charge in [-0.3, -0.25) is 9.59 Å². The lowest BCUT2D eigenvalue weighted by molar-refractivity contribution is -0.124. The molecular weight excluding hydrogens is 539 g/mol. The summed E-state index contributed by atoms with van der Waals surface area (Å²) in [4.78, 5) is 27.7. The third-order valence-corrected chi connectivity index (χ3v) is 8.83. The number of hydrogen-bond donors (Lipinski definition) is 5. The number of amides is 2. The van der Waals surface area contributed by atoms with Gasteiger partial charge in [-0.25, -0.2) is 8.78 Å². The van der Waals surface area contributed by atoms with Crippen LogP contribution in [0.25, 0.3) is 0 Å². The summed E-state index contributed by atoms with van der Waals surface area (Å²) in [7, 11) is 0. The summed E-state index contributed by atoms with van der Waals surface area (Å²) < 4.78 is 29.1. The van der Waals surface area contributed by atoms with Gasteiger partial charge in [0.05, 0.1) is 28.8 Å². The fourth-order valence-electron chi connectivity index (χ4n) is 6.59. The summed E-state index contributed by atoms with van der Waals surface area (Å²) in [6, 6.07) is 5.26. The maximum atomic E-state index is 14.9. The van der Waals surface area contributed by atoms with Crippen molar-refractivity contribution in [2.24, 2.45) is 5.92 Å². The minimum absolute atomic E-state index is 0.0258. The number of aliphatic hydroxyl groups excluding tert-OH is 2. The van der Waals surface area contributed by atoms with Crippen molar-refractivity contribution in [1.82, 2.24) is 10.6 Å². The minimum Gasteiger partial charge on any atom is -0.394 e. The van der Waals surface area contributed by atoms with Crippen LogP contribution in [0.15, 0.2) is 30.3 Å². The smallest absolute Gasteiger partial charge is 0.237 e. The molecule has 2 aromatic rings. The first-order valence-electron chi connectivity index (χ1n) is 12.8. The van der Waals surface area contributed by atoms with E-state index in [0.29, 0.717) is 16.8 Å². The molecule has 2 aromatic carbocycles. The third-order valence-electron chi connectivity index (χ3n) is 8.25. The summed E-state index contributed by atoms with van der Waals surface area (Å²) in [5.74, 6) is -3.00. The Morgan fingerprint density at radius 3 is 2.53 bits per heavy atom. The van der Waals surface area contributed by atoms with E-state index in [1.54, 1.807) is 0 Å². The predicted molar refractivity (Wildman–Crippen MR) is 139 cm³/mol. The SMILES string of the molecule is O=C(NCC[C@H](O)CO)[C@@H]1N[C@H](C2CCCC2)[C@]2(C(=O)Nc3cc(Cl)c(F)cc32)[C@H]1c1ccc(F)c(Cl)c1. The van der Waals surface area contributed by atoms with Crippen LogP contribution in [-0.4, -0.2) is 53.4 Å². The zero-order valence-electron chi connectivity index (χ0n) is 20.4. The Morgan fingerprint density at radius 2 is 1.84 bits per heavy atom. The van der Waals surface area contributed by atoms with E-state index in [2.05, 4.69) is 16.0 Å². The monoisotopic (exact) mass is 567 g/mol. The molecule has 38 heavy (non-hydrogen) atoms. The van der Waals surface area contributed by atoms with Gasteiger partial charge in [-0.15, -0.1) is 0 Å². The van der Waals surface area contributed by atoms with Crippen molar-refractivity contribution in [2.75, 3.05) is 18.5 Å². The van der Waals surface area contributed by atoms with Gasteiger partial charge in [-0.2, -0.15) is 0 Å². The molecule has 0 bridgehead atoms. The Morgan fingerprint density at radius 1 is 1.13 bits per heavy atom. The number of anilines is 1. The first-order chi connectivity index (χ1) is 18.2. The average Bonchev–Trinajstić information content (AvgIpc) is 3.60. The zero-order chi connectivity index (χ0) is 27.2. The van der Waals surface area contributed by atoms with Gasteiger partial charge in [0.15, 0.2) is 0 Å². The lowest BCUT2D eigenvalue weighted by Crippen LogP contribution is -2.51. The highest BCUT2D eigenvalue weighted by Gasteiger charge is 2.67. The average molecular weight is 568 g/mol. The van der Waals surface area contributed by atoms with Crippen molar-refractivity contribution in [3.63, 3.8) is 0 Å². The quantitative estimate of drug-likeness (QED) is 0.351. The molecule has 0 radical (unpaired) electrons. The minimum atomic E-state index is -1.40. The summed E-state index contributed by atoms with van der Waals surface area (Å²) >= 11 is 12.2. The number of carbonyl (C=O) groups excluding carboxylic acids is 2. The summed E-state index contributed by atoms with van der Waals surface area (Å²) in [5, 5.41) is 27.6. The van der Waals surface area contributed by atoms with Crippen molar-refractivity contribution in [1.29, 1.82) is 0 Å². The van der Waals surface area contributed by atoms with E-state index in [1.807, 2.05) is 0 Å². The molecule has 1 spiro atoms.